The molecule has 0 aromatic carbocycles. The zero-order valence-corrected chi connectivity index (χ0v) is 11.9. The second-order valence-corrected chi connectivity index (χ2v) is 4.56. The number of rotatable bonds is 4. The number of thioether (sulfide) groups is 1. The van der Waals surface area contributed by atoms with Crippen LogP contribution in [0, 0.1) is 6.92 Å². The maximum atomic E-state index is 12.1. The van der Waals surface area contributed by atoms with E-state index in [4.69, 9.17) is 0 Å². The molecule has 1 unspecified atom stereocenters. The zero-order chi connectivity index (χ0) is 14.6. The van der Waals surface area contributed by atoms with E-state index in [0.717, 1.165) is 0 Å². The van der Waals surface area contributed by atoms with Crippen LogP contribution in [-0.2, 0) is 9.53 Å². The maximum absolute atomic E-state index is 12.1. The number of hydrogen-bond donors (Lipinski definition) is 2. The summed E-state index contributed by atoms with van der Waals surface area (Å²) in [5.74, 6) is -1.03. The Morgan fingerprint density at radius 2 is 2.11 bits per heavy atom. The van der Waals surface area contributed by atoms with Crippen molar-refractivity contribution in [3.05, 3.63) is 21.7 Å². The molecular formula is C11H15N3O4S. The summed E-state index contributed by atoms with van der Waals surface area (Å²) >= 11 is 1.19. The minimum absolute atomic E-state index is 0.253. The molecule has 2 N–H and O–H groups in total. The van der Waals surface area contributed by atoms with Gasteiger partial charge in [0.05, 0.1) is 12.7 Å². The monoisotopic (exact) mass is 285 g/mol. The Bertz CT molecular complexity index is 555. The molecule has 1 aromatic rings. The third-order valence-corrected chi connectivity index (χ3v) is 3.09. The topological polar surface area (TPSA) is 101 Å². The van der Waals surface area contributed by atoms with E-state index in [1.54, 1.807) is 13.2 Å². The van der Waals surface area contributed by atoms with Gasteiger partial charge >= 0.3 is 11.7 Å². The number of carbonyl (C=O) groups is 2. The average Bonchev–Trinajstić information content (AvgIpc) is 2.36. The molecule has 1 rings (SSSR count). The van der Waals surface area contributed by atoms with Gasteiger partial charge in [-0.2, -0.15) is 4.98 Å². The molecule has 0 bridgehead atoms. The van der Waals surface area contributed by atoms with E-state index in [9.17, 15) is 14.4 Å². The van der Waals surface area contributed by atoms with Crippen molar-refractivity contribution >= 4 is 23.6 Å². The van der Waals surface area contributed by atoms with Crippen LogP contribution in [0.2, 0.25) is 0 Å². The highest BCUT2D eigenvalue weighted by molar-refractivity contribution is 7.98. The van der Waals surface area contributed by atoms with Crippen LogP contribution in [0.4, 0.5) is 0 Å². The van der Waals surface area contributed by atoms with Crippen LogP contribution in [0.15, 0.2) is 9.82 Å². The lowest BCUT2D eigenvalue weighted by molar-refractivity contribution is -0.142. The van der Waals surface area contributed by atoms with Gasteiger partial charge in [-0.15, -0.1) is 11.8 Å². The standard InChI is InChI=1S/C11H15N3O4S/c1-5-7(9(19-4)14-11(17)13-5)8(15)12-6(2)10(16)18-3/h6H,1-4H3,(H,12,15)(H,13,14,17). The SMILES string of the molecule is COC(=O)C(C)NC(=O)c1c(SC)nc(=O)[nH]c1C. The number of aromatic nitrogens is 2. The number of nitrogens with one attached hydrogen (secondary N) is 2. The van der Waals surface area contributed by atoms with Gasteiger partial charge in [-0.1, -0.05) is 0 Å². The predicted molar refractivity (Wildman–Crippen MR) is 70.3 cm³/mol. The third kappa shape index (κ3) is 3.57. The zero-order valence-electron chi connectivity index (χ0n) is 11.1. The Morgan fingerprint density at radius 3 is 2.63 bits per heavy atom. The van der Waals surface area contributed by atoms with E-state index < -0.39 is 23.6 Å². The van der Waals surface area contributed by atoms with Crippen LogP contribution in [0.1, 0.15) is 23.0 Å². The molecule has 7 nitrogen and oxygen atoms in total. The van der Waals surface area contributed by atoms with Crippen LogP contribution in [-0.4, -0.2) is 41.3 Å². The second kappa shape index (κ2) is 6.37. The normalized spacial score (nSPS) is 11.8. The highest BCUT2D eigenvalue weighted by Crippen LogP contribution is 2.17. The molecule has 0 saturated heterocycles. The molecule has 0 saturated carbocycles. The Hall–Kier alpha value is -1.83. The number of carbonyl (C=O) groups excluding carboxylic acids is 2. The molecule has 0 fully saturated rings. The number of amides is 1. The molecule has 1 atom stereocenters. The van der Waals surface area contributed by atoms with E-state index in [1.165, 1.54) is 25.8 Å². The molecule has 1 amide bonds. The average molecular weight is 285 g/mol. The third-order valence-electron chi connectivity index (χ3n) is 2.41. The molecule has 1 heterocycles. The lowest BCUT2D eigenvalue weighted by Crippen LogP contribution is -2.40. The van der Waals surface area contributed by atoms with Crippen LogP contribution in [0.25, 0.3) is 0 Å². The number of H-pyrrole nitrogens is 1. The van der Waals surface area contributed by atoms with Gasteiger partial charge in [-0.05, 0) is 20.1 Å². The summed E-state index contributed by atoms with van der Waals surface area (Å²) in [5.41, 5.74) is 0.140. The van der Waals surface area contributed by atoms with Crippen molar-refractivity contribution in [2.75, 3.05) is 13.4 Å². The first kappa shape index (κ1) is 15.2. The summed E-state index contributed by atoms with van der Waals surface area (Å²) in [7, 11) is 1.24. The fourth-order valence-electron chi connectivity index (χ4n) is 1.48. The molecule has 0 aliphatic rings. The summed E-state index contributed by atoms with van der Waals surface area (Å²) < 4.78 is 4.52. The second-order valence-electron chi connectivity index (χ2n) is 3.77. The Labute approximate surface area is 114 Å². The quantitative estimate of drug-likeness (QED) is 0.462. The lowest BCUT2D eigenvalue weighted by Gasteiger charge is -2.13. The fraction of sp³-hybridized carbons (Fsp3) is 0.455. The molecular weight excluding hydrogens is 270 g/mol. The minimum atomic E-state index is -0.779. The molecule has 0 aliphatic carbocycles. The first-order chi connectivity index (χ1) is 8.90. The van der Waals surface area contributed by atoms with Gasteiger partial charge < -0.3 is 15.0 Å². The van der Waals surface area contributed by atoms with Crippen LogP contribution >= 0.6 is 11.8 Å². The van der Waals surface area contributed by atoms with Crippen molar-refractivity contribution in [2.45, 2.75) is 24.9 Å². The van der Waals surface area contributed by atoms with Gasteiger partial charge in [0.2, 0.25) is 0 Å². The number of nitrogens with zero attached hydrogens (tertiary/aromatic N) is 1. The van der Waals surface area contributed by atoms with Gasteiger partial charge in [0.1, 0.15) is 11.1 Å². The molecule has 104 valence electrons. The van der Waals surface area contributed by atoms with Crippen LogP contribution in [0.5, 0.6) is 0 Å². The first-order valence-electron chi connectivity index (χ1n) is 5.44. The van der Waals surface area contributed by atoms with Crippen molar-refractivity contribution in [3.8, 4) is 0 Å². The van der Waals surface area contributed by atoms with Gasteiger partial charge in [0.15, 0.2) is 0 Å². The van der Waals surface area contributed by atoms with Gasteiger partial charge in [-0.25, -0.2) is 9.59 Å². The number of esters is 1. The Kier molecular flexibility index (Phi) is 5.11. The number of aryl methyl sites for hydroxylation is 1. The van der Waals surface area contributed by atoms with Crippen molar-refractivity contribution < 1.29 is 14.3 Å². The van der Waals surface area contributed by atoms with Crippen molar-refractivity contribution in [1.82, 2.24) is 15.3 Å². The van der Waals surface area contributed by atoms with Gasteiger partial charge in [-0.3, -0.25) is 4.79 Å². The first-order valence-corrected chi connectivity index (χ1v) is 6.66. The highest BCUT2D eigenvalue weighted by atomic mass is 32.2. The van der Waals surface area contributed by atoms with E-state index in [-0.39, 0.29) is 5.56 Å². The summed E-state index contributed by atoms with van der Waals surface area (Å²) in [6, 6.07) is -0.779. The smallest absolute Gasteiger partial charge is 0.346 e. The number of methoxy groups -OCH3 is 1. The number of ether oxygens (including phenoxy) is 1. The molecule has 0 aliphatic heterocycles. The molecule has 8 heteroatoms. The predicted octanol–water partition coefficient (Wildman–Crippen LogP) is 0.0915. The summed E-state index contributed by atoms with van der Waals surface area (Å²) in [4.78, 5) is 40.8. The molecule has 0 spiro atoms. The van der Waals surface area contributed by atoms with Crippen molar-refractivity contribution in [2.24, 2.45) is 0 Å². The van der Waals surface area contributed by atoms with Gasteiger partial charge in [0, 0.05) is 5.69 Å². The van der Waals surface area contributed by atoms with Crippen LogP contribution < -0.4 is 11.0 Å². The fourth-order valence-corrected chi connectivity index (χ4v) is 2.10. The molecule has 0 radical (unpaired) electrons. The van der Waals surface area contributed by atoms with E-state index in [2.05, 4.69) is 20.0 Å². The summed E-state index contributed by atoms with van der Waals surface area (Å²) in [6.45, 7) is 3.11. The minimum Gasteiger partial charge on any atom is -0.467 e. The Balaban J connectivity index is 3.06. The summed E-state index contributed by atoms with van der Waals surface area (Å²) in [6.07, 6.45) is 1.71. The van der Waals surface area contributed by atoms with E-state index >= 15 is 0 Å². The molecule has 1 aromatic heterocycles. The number of aromatic amines is 1. The maximum Gasteiger partial charge on any atom is 0.346 e. The number of hydrogen-bond acceptors (Lipinski definition) is 6. The highest BCUT2D eigenvalue weighted by Gasteiger charge is 2.21. The van der Waals surface area contributed by atoms with E-state index in [0.29, 0.717) is 10.7 Å². The summed E-state index contributed by atoms with van der Waals surface area (Å²) in [5, 5.41) is 2.81. The van der Waals surface area contributed by atoms with Crippen molar-refractivity contribution in [1.29, 1.82) is 0 Å². The lowest BCUT2D eigenvalue weighted by atomic mass is 10.2. The van der Waals surface area contributed by atoms with Crippen LogP contribution in [0.3, 0.4) is 0 Å². The van der Waals surface area contributed by atoms with Gasteiger partial charge in [0.25, 0.3) is 5.91 Å². The van der Waals surface area contributed by atoms with Crippen molar-refractivity contribution in [3.63, 3.8) is 0 Å². The largest absolute Gasteiger partial charge is 0.467 e. The molecule has 19 heavy (non-hydrogen) atoms. The Morgan fingerprint density at radius 1 is 1.47 bits per heavy atom. The van der Waals surface area contributed by atoms with E-state index in [1.807, 2.05) is 0 Å².